The lowest BCUT2D eigenvalue weighted by atomic mass is 9.93. The third-order valence-electron chi connectivity index (χ3n) is 4.95. The van der Waals surface area contributed by atoms with Gasteiger partial charge in [-0.2, -0.15) is 0 Å². The summed E-state index contributed by atoms with van der Waals surface area (Å²) >= 11 is 3.83. The molecule has 1 aromatic rings. The molecule has 2 nitrogen and oxygen atoms in total. The first-order valence-electron chi connectivity index (χ1n) is 8.40. The molecule has 1 atom stereocenters. The number of fused-ring (bicyclic) bond motifs is 1. The van der Waals surface area contributed by atoms with Crippen molar-refractivity contribution in [1.82, 2.24) is 5.32 Å². The van der Waals surface area contributed by atoms with Crippen molar-refractivity contribution in [3.63, 3.8) is 0 Å². The maximum absolute atomic E-state index is 5.75. The molecule has 1 aromatic carbocycles. The lowest BCUT2D eigenvalue weighted by Gasteiger charge is -2.25. The van der Waals surface area contributed by atoms with E-state index in [4.69, 9.17) is 4.74 Å². The van der Waals surface area contributed by atoms with E-state index in [1.54, 1.807) is 12.7 Å². The number of ether oxygens (including phenoxy) is 1. The largest absolute Gasteiger partial charge is 0.495 e. The highest BCUT2D eigenvalue weighted by Crippen LogP contribution is 2.38. The molecule has 1 heterocycles. The third-order valence-corrected chi connectivity index (χ3v) is 5.79. The van der Waals surface area contributed by atoms with E-state index in [2.05, 4.69) is 27.3 Å². The second kappa shape index (κ2) is 7.15. The van der Waals surface area contributed by atoms with Crippen molar-refractivity contribution in [2.45, 2.75) is 63.8 Å². The van der Waals surface area contributed by atoms with E-state index in [1.807, 2.05) is 0 Å². The first-order valence-corrected chi connectivity index (χ1v) is 9.19. The minimum Gasteiger partial charge on any atom is -0.495 e. The minimum absolute atomic E-state index is 0.614. The summed E-state index contributed by atoms with van der Waals surface area (Å²) in [5, 5.41) is 3.66. The van der Waals surface area contributed by atoms with Gasteiger partial charge in [-0.3, -0.25) is 0 Å². The second-order valence-corrected chi connectivity index (χ2v) is 7.23. The van der Waals surface area contributed by atoms with Gasteiger partial charge in [-0.05, 0) is 84.1 Å². The molecule has 3 rings (SSSR count). The number of hydrogen-bond acceptors (Lipinski definition) is 2. The number of piperidine rings is 1. The minimum atomic E-state index is 0.614. The first-order chi connectivity index (χ1) is 10.3. The Bertz CT molecular complexity index is 494. The molecule has 0 aromatic heterocycles. The highest BCUT2D eigenvalue weighted by molar-refractivity contribution is 9.10. The topological polar surface area (TPSA) is 21.3 Å². The van der Waals surface area contributed by atoms with E-state index in [0.29, 0.717) is 6.04 Å². The summed E-state index contributed by atoms with van der Waals surface area (Å²) < 4.78 is 6.97. The summed E-state index contributed by atoms with van der Waals surface area (Å²) in [4.78, 5) is 0. The Balaban J connectivity index is 1.91. The van der Waals surface area contributed by atoms with Gasteiger partial charge in [0.25, 0.3) is 0 Å². The molecular formula is C18H26BrNO. The summed E-state index contributed by atoms with van der Waals surface area (Å²) in [5.41, 5.74) is 4.42. The van der Waals surface area contributed by atoms with E-state index in [-0.39, 0.29) is 0 Å². The van der Waals surface area contributed by atoms with Gasteiger partial charge in [0.2, 0.25) is 0 Å². The van der Waals surface area contributed by atoms with E-state index >= 15 is 0 Å². The molecule has 1 aliphatic carbocycles. The van der Waals surface area contributed by atoms with Crippen LogP contribution in [0.3, 0.4) is 0 Å². The molecule has 1 saturated heterocycles. The van der Waals surface area contributed by atoms with Gasteiger partial charge in [-0.25, -0.2) is 0 Å². The number of methoxy groups -OCH3 is 1. The van der Waals surface area contributed by atoms with Gasteiger partial charge in [0.15, 0.2) is 0 Å². The SMILES string of the molecule is COc1c(CC2CCCCN2)cc2c(c1Br)CCCCC2. The lowest BCUT2D eigenvalue weighted by Crippen LogP contribution is -2.35. The molecular weight excluding hydrogens is 326 g/mol. The number of nitrogens with one attached hydrogen (secondary N) is 1. The first kappa shape index (κ1) is 15.4. The van der Waals surface area contributed by atoms with Crippen LogP contribution in [-0.4, -0.2) is 19.7 Å². The normalized spacial score (nSPS) is 22.5. The zero-order valence-corrected chi connectivity index (χ0v) is 14.6. The fraction of sp³-hybridized carbons (Fsp3) is 0.667. The zero-order valence-electron chi connectivity index (χ0n) is 13.0. The van der Waals surface area contributed by atoms with Crippen molar-refractivity contribution in [2.75, 3.05) is 13.7 Å². The number of halogens is 1. The summed E-state index contributed by atoms with van der Waals surface area (Å²) in [5.74, 6) is 1.07. The predicted molar refractivity (Wildman–Crippen MR) is 91.3 cm³/mol. The fourth-order valence-electron chi connectivity index (χ4n) is 3.81. The number of aryl methyl sites for hydroxylation is 1. The molecule has 1 unspecified atom stereocenters. The highest BCUT2D eigenvalue weighted by atomic mass is 79.9. The van der Waals surface area contributed by atoms with Crippen molar-refractivity contribution >= 4 is 15.9 Å². The van der Waals surface area contributed by atoms with Crippen LogP contribution in [0.2, 0.25) is 0 Å². The Labute approximate surface area is 136 Å². The Morgan fingerprint density at radius 3 is 2.81 bits per heavy atom. The lowest BCUT2D eigenvalue weighted by molar-refractivity contribution is 0.380. The Hall–Kier alpha value is -0.540. The average Bonchev–Trinajstić information content (AvgIpc) is 2.74. The smallest absolute Gasteiger partial charge is 0.136 e. The number of benzene rings is 1. The Morgan fingerprint density at radius 2 is 2.05 bits per heavy atom. The van der Waals surface area contributed by atoms with Gasteiger partial charge in [0.05, 0.1) is 11.6 Å². The van der Waals surface area contributed by atoms with Crippen LogP contribution in [0.4, 0.5) is 0 Å². The van der Waals surface area contributed by atoms with Crippen molar-refractivity contribution in [3.05, 3.63) is 27.2 Å². The molecule has 0 bridgehead atoms. The summed E-state index contributed by atoms with van der Waals surface area (Å²) in [6.45, 7) is 1.17. The Morgan fingerprint density at radius 1 is 1.19 bits per heavy atom. The third kappa shape index (κ3) is 3.45. The molecule has 1 N–H and O–H groups in total. The zero-order chi connectivity index (χ0) is 14.7. The molecule has 0 saturated carbocycles. The van der Waals surface area contributed by atoms with Crippen LogP contribution in [0.5, 0.6) is 5.75 Å². The second-order valence-electron chi connectivity index (χ2n) is 6.43. The average molecular weight is 352 g/mol. The van der Waals surface area contributed by atoms with Crippen molar-refractivity contribution in [3.8, 4) is 5.75 Å². The molecule has 0 spiro atoms. The van der Waals surface area contributed by atoms with Gasteiger partial charge in [-0.15, -0.1) is 0 Å². The van der Waals surface area contributed by atoms with E-state index in [1.165, 1.54) is 73.5 Å². The van der Waals surface area contributed by atoms with E-state index < -0.39 is 0 Å². The summed E-state index contributed by atoms with van der Waals surface area (Å²) in [6, 6.07) is 3.05. The van der Waals surface area contributed by atoms with Crippen molar-refractivity contribution < 1.29 is 4.74 Å². The molecule has 21 heavy (non-hydrogen) atoms. The van der Waals surface area contributed by atoms with Crippen LogP contribution in [-0.2, 0) is 19.3 Å². The molecule has 3 heteroatoms. The predicted octanol–water partition coefficient (Wildman–Crippen LogP) is 4.41. The standard InChI is InChI=1S/C18H26BrNO/c1-21-18-14(12-15-8-5-6-10-20-15)11-13-7-3-2-4-9-16(13)17(18)19/h11,15,20H,2-10,12H2,1H3. The van der Waals surface area contributed by atoms with Crippen LogP contribution in [0, 0.1) is 0 Å². The van der Waals surface area contributed by atoms with Crippen LogP contribution in [0.1, 0.15) is 55.2 Å². The van der Waals surface area contributed by atoms with Crippen LogP contribution in [0.15, 0.2) is 10.5 Å². The summed E-state index contributed by atoms with van der Waals surface area (Å²) in [7, 11) is 1.81. The van der Waals surface area contributed by atoms with Crippen molar-refractivity contribution in [1.29, 1.82) is 0 Å². The number of hydrogen-bond donors (Lipinski definition) is 1. The Kier molecular flexibility index (Phi) is 5.23. The fourth-order valence-corrected chi connectivity index (χ4v) is 4.67. The van der Waals surface area contributed by atoms with E-state index in [9.17, 15) is 0 Å². The van der Waals surface area contributed by atoms with E-state index in [0.717, 1.165) is 12.2 Å². The van der Waals surface area contributed by atoms with Crippen LogP contribution in [0.25, 0.3) is 0 Å². The van der Waals surface area contributed by atoms with Gasteiger partial charge in [0, 0.05) is 6.04 Å². The van der Waals surface area contributed by atoms with Gasteiger partial charge in [-0.1, -0.05) is 18.9 Å². The monoisotopic (exact) mass is 351 g/mol. The van der Waals surface area contributed by atoms with Crippen LogP contribution >= 0.6 is 15.9 Å². The van der Waals surface area contributed by atoms with Gasteiger partial charge < -0.3 is 10.1 Å². The molecule has 0 amide bonds. The maximum Gasteiger partial charge on any atom is 0.136 e. The molecule has 1 aliphatic heterocycles. The van der Waals surface area contributed by atoms with Crippen LogP contribution < -0.4 is 10.1 Å². The molecule has 2 aliphatic rings. The molecule has 1 fully saturated rings. The summed E-state index contributed by atoms with van der Waals surface area (Å²) in [6.07, 6.45) is 11.5. The molecule has 116 valence electrons. The highest BCUT2D eigenvalue weighted by Gasteiger charge is 2.21. The van der Waals surface area contributed by atoms with Crippen molar-refractivity contribution in [2.24, 2.45) is 0 Å². The van der Waals surface area contributed by atoms with Gasteiger partial charge >= 0.3 is 0 Å². The van der Waals surface area contributed by atoms with Gasteiger partial charge in [0.1, 0.15) is 5.75 Å². The quantitative estimate of drug-likeness (QED) is 0.814. The molecule has 0 radical (unpaired) electrons. The maximum atomic E-state index is 5.75. The number of rotatable bonds is 3.